The van der Waals surface area contributed by atoms with Crippen LogP contribution in [0.3, 0.4) is 0 Å². The molecule has 46 heavy (non-hydrogen) atoms. The van der Waals surface area contributed by atoms with Gasteiger partial charge in [0.2, 0.25) is 21.9 Å². The van der Waals surface area contributed by atoms with Crippen molar-refractivity contribution in [3.05, 3.63) is 138 Å². The van der Waals surface area contributed by atoms with Crippen molar-refractivity contribution < 1.29 is 14.1 Å². The van der Waals surface area contributed by atoms with Gasteiger partial charge in [0.1, 0.15) is 4.68 Å². The van der Waals surface area contributed by atoms with E-state index < -0.39 is 5.41 Å². The van der Waals surface area contributed by atoms with E-state index in [1.54, 1.807) is 0 Å². The SMILES string of the molecule is Cc1cc2n(n1)[N+]13c4c(ccc5c4-n4c6c(cncc6c6ncc[n+]1c64)C51c4ccccc4-c4ccccc41)Oc1cccc-2[n+]13. The highest BCUT2D eigenvalue weighted by molar-refractivity contribution is 6.10. The van der Waals surface area contributed by atoms with E-state index >= 15 is 0 Å². The molecule has 1 aliphatic carbocycles. The number of ether oxygens (including phenoxy) is 1. The minimum absolute atomic E-state index is 0.144. The molecule has 1 unspecified atom stereocenters. The number of fused-ring (bicyclic) bond motifs is 10. The number of hydrogen-bond donors (Lipinski definition) is 0. The van der Waals surface area contributed by atoms with Crippen LogP contribution in [0.25, 0.3) is 50.3 Å². The zero-order valence-electron chi connectivity index (χ0n) is 24.4. The summed E-state index contributed by atoms with van der Waals surface area (Å²) in [6.45, 7) is 2.06. The number of quaternary nitrogens is 1. The molecule has 2 spiro atoms. The van der Waals surface area contributed by atoms with Crippen LogP contribution in [0.1, 0.15) is 27.9 Å². The van der Waals surface area contributed by atoms with Crippen LogP contribution in [0.15, 0.2) is 110 Å². The molecule has 0 amide bonds. The van der Waals surface area contributed by atoms with Crippen LogP contribution in [0.2, 0.25) is 0 Å². The molecule has 212 valence electrons. The summed E-state index contributed by atoms with van der Waals surface area (Å²) < 4.78 is 13.8. The Labute approximate surface area is 260 Å². The summed E-state index contributed by atoms with van der Waals surface area (Å²) in [6, 6.07) is 30.6. The van der Waals surface area contributed by atoms with E-state index in [0.29, 0.717) is 0 Å². The first kappa shape index (κ1) is 22.3. The second-order valence-corrected chi connectivity index (χ2v) is 12.8. The number of benzene rings is 3. The van der Waals surface area contributed by atoms with Crippen LogP contribution < -0.4 is 18.9 Å². The normalized spacial score (nSPS) is 18.5. The van der Waals surface area contributed by atoms with E-state index in [0.717, 1.165) is 67.7 Å². The van der Waals surface area contributed by atoms with Crippen LogP contribution in [-0.4, -0.2) is 24.4 Å². The molecule has 5 aliphatic rings. The molecule has 0 saturated heterocycles. The lowest BCUT2D eigenvalue weighted by Crippen LogP contribution is -2.89. The first-order valence-corrected chi connectivity index (χ1v) is 15.5. The monoisotopic (exact) mass is 593 g/mol. The van der Waals surface area contributed by atoms with Crippen molar-refractivity contribution in [2.45, 2.75) is 12.3 Å². The molecule has 1 atom stereocenters. The van der Waals surface area contributed by atoms with E-state index in [1.165, 1.54) is 27.8 Å². The van der Waals surface area contributed by atoms with E-state index in [2.05, 4.69) is 117 Å². The molecule has 8 aromatic rings. The third-order valence-corrected chi connectivity index (χ3v) is 10.9. The summed E-state index contributed by atoms with van der Waals surface area (Å²) in [5.74, 6) is 1.55. The van der Waals surface area contributed by atoms with Gasteiger partial charge < -0.3 is 4.74 Å². The molecule has 13 rings (SSSR count). The Balaban J connectivity index is 1.36. The Morgan fingerprint density at radius 3 is 2.52 bits per heavy atom. The van der Waals surface area contributed by atoms with Gasteiger partial charge in [0.05, 0.1) is 28.8 Å². The van der Waals surface area contributed by atoms with E-state index in [4.69, 9.17) is 19.8 Å². The zero-order valence-corrected chi connectivity index (χ0v) is 24.4. The van der Waals surface area contributed by atoms with Crippen LogP contribution in [0, 0.1) is 6.92 Å². The summed E-state index contributed by atoms with van der Waals surface area (Å²) >= 11 is 0. The molecule has 5 aromatic heterocycles. The Bertz CT molecular complexity index is 2780. The standard InChI is InChI=1S/C37H21N8O/c1-20-17-29-28-11-6-12-31-43(28)45(44(29)40-20)35-30(46-31)14-13-26-34(35)42-33-23(32-36(42)41(45)16-15-39-32)18-38-19-27(33)37(26)24-9-4-2-7-21(24)22-8-3-5-10-25(22)37/h2-19H,1H3/q+3. The van der Waals surface area contributed by atoms with Crippen LogP contribution in [-0.2, 0) is 5.41 Å². The lowest BCUT2D eigenvalue weighted by atomic mass is 9.65. The van der Waals surface area contributed by atoms with Gasteiger partial charge in [-0.15, -0.1) is 5.10 Å². The predicted octanol–water partition coefficient (Wildman–Crippen LogP) is 5.43. The van der Waals surface area contributed by atoms with Gasteiger partial charge in [0.25, 0.3) is 0 Å². The minimum atomic E-state index is -0.604. The minimum Gasteiger partial charge on any atom is -0.394 e. The van der Waals surface area contributed by atoms with Gasteiger partial charge in [-0.2, -0.15) is 4.57 Å². The lowest BCUT2D eigenvalue weighted by molar-refractivity contribution is -1.05. The first-order chi connectivity index (χ1) is 22.7. The number of pyridine rings is 2. The molecule has 9 heterocycles. The highest BCUT2D eigenvalue weighted by Gasteiger charge is 2.73. The summed E-state index contributed by atoms with van der Waals surface area (Å²) in [5, 5.41) is 6.25. The molecule has 9 heteroatoms. The Morgan fingerprint density at radius 1 is 0.848 bits per heavy atom. The zero-order chi connectivity index (χ0) is 29.7. The van der Waals surface area contributed by atoms with Gasteiger partial charge >= 0.3 is 22.9 Å². The van der Waals surface area contributed by atoms with E-state index in [9.17, 15) is 0 Å². The largest absolute Gasteiger partial charge is 0.438 e. The Hall–Kier alpha value is -6.19. The number of rotatable bonds is 0. The average molecular weight is 594 g/mol. The lowest BCUT2D eigenvalue weighted by Gasteiger charge is -2.39. The number of hydrogen-bond acceptors (Lipinski definition) is 4. The molecule has 0 N–H and O–H groups in total. The van der Waals surface area contributed by atoms with Crippen LogP contribution >= 0.6 is 0 Å². The molecule has 9 nitrogen and oxygen atoms in total. The first-order valence-electron chi connectivity index (χ1n) is 15.5. The molecule has 0 bridgehead atoms. The third kappa shape index (κ3) is 1.93. The van der Waals surface area contributed by atoms with Gasteiger partial charge in [-0.05, 0) is 53.4 Å². The highest BCUT2D eigenvalue weighted by Crippen LogP contribution is 2.64. The maximum Gasteiger partial charge on any atom is 0.438 e. The van der Waals surface area contributed by atoms with Crippen LogP contribution in [0.5, 0.6) is 11.6 Å². The van der Waals surface area contributed by atoms with Crippen molar-refractivity contribution >= 4 is 27.8 Å². The van der Waals surface area contributed by atoms with Crippen molar-refractivity contribution in [2.24, 2.45) is 0 Å². The van der Waals surface area contributed by atoms with Crippen molar-refractivity contribution in [1.29, 1.82) is 0 Å². The van der Waals surface area contributed by atoms with Crippen LogP contribution in [0.4, 0.5) is 5.69 Å². The van der Waals surface area contributed by atoms with Gasteiger partial charge in [-0.1, -0.05) is 48.5 Å². The average Bonchev–Trinajstić information content (AvgIpc) is 3.81. The molecule has 0 fully saturated rings. The second-order valence-electron chi connectivity index (χ2n) is 12.8. The predicted molar refractivity (Wildman–Crippen MR) is 168 cm³/mol. The number of nitrogens with zero attached hydrogens (tertiary/aromatic N) is 8. The molecule has 3 aromatic carbocycles. The van der Waals surface area contributed by atoms with Crippen molar-refractivity contribution in [3.8, 4) is 39.8 Å². The summed E-state index contributed by atoms with van der Waals surface area (Å²) in [6.07, 6.45) is 8.04. The summed E-state index contributed by atoms with van der Waals surface area (Å²) in [5.41, 5.74) is 14.9. The smallest absolute Gasteiger partial charge is 0.394 e. The molecule has 4 aliphatic heterocycles. The fourth-order valence-electron chi connectivity index (χ4n) is 9.52. The Kier molecular flexibility index (Phi) is 3.27. The molecular formula is C37H21N8O+3. The summed E-state index contributed by atoms with van der Waals surface area (Å²) in [4.78, 5) is 12.3. The number of aromatic nitrogens is 7. The van der Waals surface area contributed by atoms with E-state index in [1.807, 2.05) is 18.5 Å². The maximum absolute atomic E-state index is 6.86. The van der Waals surface area contributed by atoms with Crippen molar-refractivity contribution in [2.75, 3.05) is 0 Å². The fourth-order valence-corrected chi connectivity index (χ4v) is 9.52. The third-order valence-electron chi connectivity index (χ3n) is 10.9. The van der Waals surface area contributed by atoms with Gasteiger partial charge in [-0.25, -0.2) is 4.98 Å². The number of aryl methyl sites for hydroxylation is 1. The molecule has 0 saturated carbocycles. The van der Waals surface area contributed by atoms with Gasteiger partial charge in [0.15, 0.2) is 17.2 Å². The fraction of sp³-hybridized carbons (Fsp3) is 0.0541. The van der Waals surface area contributed by atoms with E-state index in [-0.39, 0.29) is 4.81 Å². The van der Waals surface area contributed by atoms with Crippen molar-refractivity contribution in [3.63, 3.8) is 0 Å². The quantitative estimate of drug-likeness (QED) is 0.174. The molecule has 0 radical (unpaired) electrons. The van der Waals surface area contributed by atoms with Gasteiger partial charge in [0, 0.05) is 39.1 Å². The van der Waals surface area contributed by atoms with Crippen molar-refractivity contribution in [1.82, 2.24) is 29.2 Å². The molecular weight excluding hydrogens is 572 g/mol. The van der Waals surface area contributed by atoms with Gasteiger partial charge in [-0.3, -0.25) is 4.98 Å². The topological polar surface area (TPSA) is 65.5 Å². The maximum atomic E-state index is 6.86. The Morgan fingerprint density at radius 2 is 1.67 bits per heavy atom. The highest BCUT2D eigenvalue weighted by atomic mass is 16.5. The second kappa shape index (κ2) is 6.73. The summed E-state index contributed by atoms with van der Waals surface area (Å²) in [7, 11) is 0.